The Kier molecular flexibility index (Phi) is 5.08. The Morgan fingerprint density at radius 3 is 2.54 bits per heavy atom. The van der Waals surface area contributed by atoms with Gasteiger partial charge in [0.2, 0.25) is 0 Å². The molecule has 3 rings (SSSR count). The fourth-order valence-electron chi connectivity index (χ4n) is 3.13. The van der Waals surface area contributed by atoms with E-state index < -0.39 is 0 Å². The molecule has 0 atom stereocenters. The molecular formula is C19H23N3O2. The van der Waals surface area contributed by atoms with Crippen LogP contribution in [-0.4, -0.2) is 35.9 Å². The SMILES string of the molecule is CCOC(=O)C1CCN(c2nnc(-c3ccccc3)cc2C)CC1. The van der Waals surface area contributed by atoms with Crippen molar-refractivity contribution < 1.29 is 9.53 Å². The lowest BCUT2D eigenvalue weighted by molar-refractivity contribution is -0.148. The molecule has 5 heteroatoms. The van der Waals surface area contributed by atoms with Crippen molar-refractivity contribution in [1.29, 1.82) is 0 Å². The Labute approximate surface area is 142 Å². The Balaban J connectivity index is 1.69. The van der Waals surface area contributed by atoms with Crippen LogP contribution in [-0.2, 0) is 9.53 Å². The van der Waals surface area contributed by atoms with E-state index in [4.69, 9.17) is 4.74 Å². The fourth-order valence-corrected chi connectivity index (χ4v) is 3.13. The zero-order valence-electron chi connectivity index (χ0n) is 14.2. The van der Waals surface area contributed by atoms with Crippen LogP contribution in [0, 0.1) is 12.8 Å². The summed E-state index contributed by atoms with van der Waals surface area (Å²) in [6, 6.07) is 12.1. The highest BCUT2D eigenvalue weighted by Crippen LogP contribution is 2.26. The van der Waals surface area contributed by atoms with E-state index in [1.165, 1.54) is 0 Å². The van der Waals surface area contributed by atoms with E-state index in [-0.39, 0.29) is 11.9 Å². The molecular weight excluding hydrogens is 302 g/mol. The quantitative estimate of drug-likeness (QED) is 0.808. The number of hydrogen-bond acceptors (Lipinski definition) is 5. The van der Waals surface area contributed by atoms with Gasteiger partial charge in [0.1, 0.15) is 0 Å². The molecule has 1 fully saturated rings. The highest BCUT2D eigenvalue weighted by atomic mass is 16.5. The normalized spacial score (nSPS) is 15.3. The van der Waals surface area contributed by atoms with Crippen LogP contribution in [0.1, 0.15) is 25.3 Å². The minimum atomic E-state index is -0.0700. The summed E-state index contributed by atoms with van der Waals surface area (Å²) in [5.74, 6) is 0.856. The standard InChI is InChI=1S/C19H23N3O2/c1-3-24-19(23)16-9-11-22(12-10-16)18-14(2)13-17(20-21-18)15-7-5-4-6-8-15/h4-8,13,16H,3,9-12H2,1-2H3. The minimum absolute atomic E-state index is 0.0121. The number of carbonyl (C=O) groups is 1. The molecule has 1 aliphatic heterocycles. The number of benzene rings is 1. The molecule has 2 heterocycles. The third-order valence-corrected chi connectivity index (χ3v) is 4.44. The molecule has 5 nitrogen and oxygen atoms in total. The van der Waals surface area contributed by atoms with Gasteiger partial charge < -0.3 is 9.64 Å². The van der Waals surface area contributed by atoms with Crippen LogP contribution in [0.2, 0.25) is 0 Å². The van der Waals surface area contributed by atoms with Gasteiger partial charge >= 0.3 is 5.97 Å². The van der Waals surface area contributed by atoms with E-state index in [0.29, 0.717) is 6.61 Å². The van der Waals surface area contributed by atoms with Gasteiger partial charge in [-0.15, -0.1) is 10.2 Å². The second-order valence-electron chi connectivity index (χ2n) is 6.12. The molecule has 0 radical (unpaired) electrons. The van der Waals surface area contributed by atoms with Crippen LogP contribution in [0.15, 0.2) is 36.4 Å². The van der Waals surface area contributed by atoms with E-state index in [1.807, 2.05) is 37.3 Å². The molecule has 0 unspecified atom stereocenters. The van der Waals surface area contributed by atoms with E-state index >= 15 is 0 Å². The summed E-state index contributed by atoms with van der Waals surface area (Å²) < 4.78 is 5.13. The second-order valence-corrected chi connectivity index (χ2v) is 6.12. The maximum Gasteiger partial charge on any atom is 0.309 e. The van der Waals surface area contributed by atoms with Crippen molar-refractivity contribution in [3.8, 4) is 11.3 Å². The smallest absolute Gasteiger partial charge is 0.309 e. The number of piperidine rings is 1. The monoisotopic (exact) mass is 325 g/mol. The predicted molar refractivity (Wildman–Crippen MR) is 93.8 cm³/mol. The zero-order valence-corrected chi connectivity index (χ0v) is 14.2. The molecule has 0 spiro atoms. The number of ether oxygens (including phenoxy) is 1. The van der Waals surface area contributed by atoms with Crippen molar-refractivity contribution in [2.24, 2.45) is 5.92 Å². The van der Waals surface area contributed by atoms with Crippen molar-refractivity contribution in [3.63, 3.8) is 0 Å². The van der Waals surface area contributed by atoms with Gasteiger partial charge in [0.25, 0.3) is 0 Å². The van der Waals surface area contributed by atoms with Crippen molar-refractivity contribution in [1.82, 2.24) is 10.2 Å². The molecule has 0 N–H and O–H groups in total. The van der Waals surface area contributed by atoms with Gasteiger partial charge in [-0.05, 0) is 38.3 Å². The molecule has 0 amide bonds. The summed E-state index contributed by atoms with van der Waals surface area (Å²) in [5.41, 5.74) is 3.07. The Hall–Kier alpha value is -2.43. The van der Waals surface area contributed by atoms with Crippen molar-refractivity contribution in [3.05, 3.63) is 42.0 Å². The number of anilines is 1. The average Bonchev–Trinajstić information content (AvgIpc) is 2.63. The fraction of sp³-hybridized carbons (Fsp3) is 0.421. The first-order valence-electron chi connectivity index (χ1n) is 8.50. The Morgan fingerprint density at radius 2 is 1.92 bits per heavy atom. The van der Waals surface area contributed by atoms with Gasteiger partial charge in [-0.25, -0.2) is 0 Å². The minimum Gasteiger partial charge on any atom is -0.466 e. The second kappa shape index (κ2) is 7.43. The van der Waals surface area contributed by atoms with Crippen LogP contribution in [0.4, 0.5) is 5.82 Å². The van der Waals surface area contributed by atoms with Gasteiger partial charge in [-0.3, -0.25) is 4.79 Å². The van der Waals surface area contributed by atoms with E-state index in [0.717, 1.165) is 48.6 Å². The number of rotatable bonds is 4. The highest BCUT2D eigenvalue weighted by molar-refractivity contribution is 5.73. The first-order chi connectivity index (χ1) is 11.7. The molecule has 2 aromatic rings. The third kappa shape index (κ3) is 3.55. The lowest BCUT2D eigenvalue weighted by Gasteiger charge is -2.32. The van der Waals surface area contributed by atoms with Crippen LogP contribution >= 0.6 is 0 Å². The summed E-state index contributed by atoms with van der Waals surface area (Å²) in [6.45, 7) is 5.98. The molecule has 1 saturated heterocycles. The molecule has 1 aromatic heterocycles. The van der Waals surface area contributed by atoms with Crippen LogP contribution in [0.25, 0.3) is 11.3 Å². The average molecular weight is 325 g/mol. The summed E-state index contributed by atoms with van der Waals surface area (Å²) >= 11 is 0. The molecule has 1 aliphatic rings. The zero-order chi connectivity index (χ0) is 16.9. The van der Waals surface area contributed by atoms with Gasteiger partial charge in [-0.1, -0.05) is 30.3 Å². The number of aromatic nitrogens is 2. The summed E-state index contributed by atoms with van der Waals surface area (Å²) in [6.07, 6.45) is 1.61. The maximum atomic E-state index is 11.8. The highest BCUT2D eigenvalue weighted by Gasteiger charge is 2.27. The first kappa shape index (κ1) is 16.4. The number of hydrogen-bond donors (Lipinski definition) is 0. The molecule has 0 bridgehead atoms. The summed E-state index contributed by atoms with van der Waals surface area (Å²) in [5, 5.41) is 8.83. The molecule has 1 aromatic carbocycles. The predicted octanol–water partition coefficient (Wildman–Crippen LogP) is 3.23. The topological polar surface area (TPSA) is 55.3 Å². The van der Waals surface area contributed by atoms with Gasteiger partial charge in [-0.2, -0.15) is 0 Å². The van der Waals surface area contributed by atoms with E-state index in [9.17, 15) is 4.79 Å². The molecule has 0 saturated carbocycles. The number of nitrogens with zero attached hydrogens (tertiary/aromatic N) is 3. The Morgan fingerprint density at radius 1 is 1.21 bits per heavy atom. The largest absolute Gasteiger partial charge is 0.466 e. The lowest BCUT2D eigenvalue weighted by atomic mass is 9.97. The van der Waals surface area contributed by atoms with Crippen molar-refractivity contribution in [2.75, 3.05) is 24.6 Å². The molecule has 24 heavy (non-hydrogen) atoms. The molecule has 0 aliphatic carbocycles. The van der Waals surface area contributed by atoms with Crippen LogP contribution < -0.4 is 4.90 Å². The van der Waals surface area contributed by atoms with Crippen molar-refractivity contribution >= 4 is 11.8 Å². The first-order valence-corrected chi connectivity index (χ1v) is 8.50. The summed E-state index contributed by atoms with van der Waals surface area (Å²) in [7, 11) is 0. The van der Waals surface area contributed by atoms with Crippen molar-refractivity contribution in [2.45, 2.75) is 26.7 Å². The van der Waals surface area contributed by atoms with Gasteiger partial charge in [0, 0.05) is 18.7 Å². The van der Waals surface area contributed by atoms with Crippen LogP contribution in [0.3, 0.4) is 0 Å². The number of aryl methyl sites for hydroxylation is 1. The number of carbonyl (C=O) groups excluding carboxylic acids is 1. The van der Waals surface area contributed by atoms with Crippen LogP contribution in [0.5, 0.6) is 0 Å². The number of esters is 1. The van der Waals surface area contributed by atoms with E-state index in [2.05, 4.69) is 28.1 Å². The van der Waals surface area contributed by atoms with E-state index in [1.54, 1.807) is 0 Å². The third-order valence-electron chi connectivity index (χ3n) is 4.44. The molecule has 126 valence electrons. The van der Waals surface area contributed by atoms with Gasteiger partial charge in [0.15, 0.2) is 5.82 Å². The maximum absolute atomic E-state index is 11.8. The van der Waals surface area contributed by atoms with Gasteiger partial charge in [0.05, 0.1) is 18.2 Å². The Bertz CT molecular complexity index is 695. The lowest BCUT2D eigenvalue weighted by Crippen LogP contribution is -2.37. The summed E-state index contributed by atoms with van der Waals surface area (Å²) in [4.78, 5) is 14.1.